The molecule has 2 aromatic carbocycles. The average molecular weight is 566 g/mol. The van der Waals surface area contributed by atoms with Gasteiger partial charge in [0.1, 0.15) is 5.75 Å². The number of hydrogen-bond acceptors (Lipinski definition) is 5. The number of aryl methyl sites for hydroxylation is 1. The summed E-state index contributed by atoms with van der Waals surface area (Å²) < 4.78 is 44.5. The molecule has 0 spiro atoms. The Morgan fingerprint density at radius 2 is 1.88 bits per heavy atom. The molecular formula is C30H30F3N5O3. The minimum atomic E-state index is -4.81. The maximum atomic E-state index is 13.6. The third-order valence-electron chi connectivity index (χ3n) is 6.75. The molecule has 0 unspecified atom stereocenters. The van der Waals surface area contributed by atoms with E-state index in [1.165, 1.54) is 18.2 Å². The van der Waals surface area contributed by atoms with Crippen molar-refractivity contribution in [2.45, 2.75) is 58.5 Å². The van der Waals surface area contributed by atoms with E-state index in [-0.39, 0.29) is 30.5 Å². The van der Waals surface area contributed by atoms with Crippen molar-refractivity contribution < 1.29 is 27.5 Å². The zero-order valence-electron chi connectivity index (χ0n) is 23.0. The van der Waals surface area contributed by atoms with Crippen LogP contribution in [0.3, 0.4) is 0 Å². The van der Waals surface area contributed by atoms with E-state index in [2.05, 4.69) is 20.0 Å². The molecule has 3 heterocycles. The number of ketones is 1. The van der Waals surface area contributed by atoms with E-state index in [4.69, 9.17) is 0 Å². The summed E-state index contributed by atoms with van der Waals surface area (Å²) in [7, 11) is 0. The molecule has 0 aliphatic carbocycles. The maximum Gasteiger partial charge on any atom is 0.573 e. The van der Waals surface area contributed by atoms with Crippen LogP contribution in [0.4, 0.5) is 18.0 Å². The lowest BCUT2D eigenvalue weighted by Crippen LogP contribution is -2.50. The first-order chi connectivity index (χ1) is 19.4. The standard InChI is InChI=1S/C30H30F3N5O3/c1-29(2,3)36-28(40)38-15-12-23-22(19-6-4-7-21(16-19)41-30(31,32)33)9-10-24(25(23)18-38)26(39)11-8-20-17-37-14-5-13-34-27(37)35-20/h4-7,9-10,13-14,16-17H,8,11-12,15,18H2,1-3H3,(H,36,40). The van der Waals surface area contributed by atoms with E-state index in [1.54, 1.807) is 39.8 Å². The number of Topliss-reactive ketones (excluding diaryl/α,β-unsaturated/α-hetero) is 1. The highest BCUT2D eigenvalue weighted by Crippen LogP contribution is 2.35. The quantitative estimate of drug-likeness (QED) is 0.291. The first-order valence-corrected chi connectivity index (χ1v) is 13.3. The van der Waals surface area contributed by atoms with E-state index in [9.17, 15) is 22.8 Å². The van der Waals surface area contributed by atoms with Gasteiger partial charge in [-0.3, -0.25) is 9.20 Å². The lowest BCUT2D eigenvalue weighted by Gasteiger charge is -2.34. The largest absolute Gasteiger partial charge is 0.573 e. The summed E-state index contributed by atoms with van der Waals surface area (Å²) in [4.78, 5) is 36.9. The van der Waals surface area contributed by atoms with E-state index in [0.717, 1.165) is 11.3 Å². The molecule has 41 heavy (non-hydrogen) atoms. The first-order valence-electron chi connectivity index (χ1n) is 13.3. The highest BCUT2D eigenvalue weighted by Gasteiger charge is 2.32. The number of nitrogens with one attached hydrogen (secondary N) is 1. The molecular weight excluding hydrogens is 535 g/mol. The number of benzene rings is 2. The van der Waals surface area contributed by atoms with Crippen molar-refractivity contribution in [3.63, 3.8) is 0 Å². The van der Waals surface area contributed by atoms with Crippen molar-refractivity contribution >= 4 is 17.6 Å². The van der Waals surface area contributed by atoms with Crippen LogP contribution in [0.2, 0.25) is 0 Å². The lowest BCUT2D eigenvalue weighted by atomic mass is 9.85. The van der Waals surface area contributed by atoms with Gasteiger partial charge in [-0.25, -0.2) is 14.8 Å². The topological polar surface area (TPSA) is 88.8 Å². The molecule has 11 heteroatoms. The Morgan fingerprint density at radius 3 is 2.61 bits per heavy atom. The minimum absolute atomic E-state index is 0.106. The molecule has 0 fully saturated rings. The van der Waals surface area contributed by atoms with Crippen LogP contribution >= 0.6 is 0 Å². The summed E-state index contributed by atoms with van der Waals surface area (Å²) in [5, 5.41) is 2.97. The molecule has 4 aromatic rings. The van der Waals surface area contributed by atoms with Gasteiger partial charge in [-0.05, 0) is 74.1 Å². The van der Waals surface area contributed by atoms with Gasteiger partial charge in [0, 0.05) is 49.2 Å². The predicted molar refractivity (Wildman–Crippen MR) is 147 cm³/mol. The van der Waals surface area contributed by atoms with Crippen molar-refractivity contribution in [1.82, 2.24) is 24.6 Å². The van der Waals surface area contributed by atoms with Crippen LogP contribution in [0.5, 0.6) is 5.75 Å². The van der Waals surface area contributed by atoms with E-state index >= 15 is 0 Å². The second-order valence-corrected chi connectivity index (χ2v) is 11.0. The number of ether oxygens (including phenoxy) is 1. The zero-order chi connectivity index (χ0) is 29.4. The Balaban J connectivity index is 1.47. The van der Waals surface area contributed by atoms with Crippen molar-refractivity contribution in [3.05, 3.63) is 83.4 Å². The SMILES string of the molecule is CC(C)(C)NC(=O)N1CCc2c(-c3cccc(OC(F)(F)F)c3)ccc(C(=O)CCc3cn4cccnc4n3)c2C1. The van der Waals surface area contributed by atoms with Gasteiger partial charge >= 0.3 is 12.4 Å². The van der Waals surface area contributed by atoms with Gasteiger partial charge in [0.15, 0.2) is 5.78 Å². The fourth-order valence-corrected chi connectivity index (χ4v) is 5.02. The van der Waals surface area contributed by atoms with Crippen molar-refractivity contribution in [2.24, 2.45) is 0 Å². The van der Waals surface area contributed by atoms with Crippen LogP contribution in [-0.2, 0) is 19.4 Å². The van der Waals surface area contributed by atoms with Crippen LogP contribution in [0.15, 0.2) is 61.1 Å². The Kier molecular flexibility index (Phi) is 7.46. The number of carbonyl (C=O) groups excluding carboxylic acids is 2. The van der Waals surface area contributed by atoms with E-state index in [1.807, 2.05) is 33.2 Å². The molecule has 0 radical (unpaired) electrons. The molecule has 0 bridgehead atoms. The number of aromatic nitrogens is 3. The van der Waals surface area contributed by atoms with Gasteiger partial charge in [-0.15, -0.1) is 13.2 Å². The number of nitrogens with zero attached hydrogens (tertiary/aromatic N) is 4. The Hall–Kier alpha value is -4.41. The van der Waals surface area contributed by atoms with Gasteiger partial charge in [0.2, 0.25) is 5.78 Å². The summed E-state index contributed by atoms with van der Waals surface area (Å²) in [6.07, 6.45) is 1.54. The summed E-state index contributed by atoms with van der Waals surface area (Å²) in [6.45, 7) is 6.26. The smallest absolute Gasteiger partial charge is 0.406 e. The molecule has 1 aliphatic heterocycles. The van der Waals surface area contributed by atoms with Crippen molar-refractivity contribution in [2.75, 3.05) is 6.54 Å². The van der Waals surface area contributed by atoms with E-state index < -0.39 is 11.9 Å². The molecule has 1 aliphatic rings. The van der Waals surface area contributed by atoms with Crippen molar-refractivity contribution in [1.29, 1.82) is 0 Å². The van der Waals surface area contributed by atoms with Gasteiger partial charge < -0.3 is 15.0 Å². The summed E-state index contributed by atoms with van der Waals surface area (Å²) in [5.41, 5.74) is 3.54. The first kappa shape index (κ1) is 28.1. The molecule has 214 valence electrons. The number of imidazole rings is 1. The number of alkyl halides is 3. The molecule has 0 saturated carbocycles. The highest BCUT2D eigenvalue weighted by atomic mass is 19.4. The summed E-state index contributed by atoms with van der Waals surface area (Å²) >= 11 is 0. The number of hydrogen-bond donors (Lipinski definition) is 1. The van der Waals surface area contributed by atoms with Crippen LogP contribution < -0.4 is 10.1 Å². The average Bonchev–Trinajstić information content (AvgIpc) is 3.32. The molecule has 8 nitrogen and oxygen atoms in total. The maximum absolute atomic E-state index is 13.6. The third-order valence-corrected chi connectivity index (χ3v) is 6.75. The van der Waals surface area contributed by atoms with Gasteiger partial charge in [0.25, 0.3) is 0 Å². The van der Waals surface area contributed by atoms with Gasteiger partial charge in [-0.2, -0.15) is 0 Å². The lowest BCUT2D eigenvalue weighted by molar-refractivity contribution is -0.274. The van der Waals surface area contributed by atoms with Crippen LogP contribution in [-0.4, -0.2) is 49.5 Å². The highest BCUT2D eigenvalue weighted by molar-refractivity contribution is 5.99. The normalized spacial score (nSPS) is 13.7. The monoisotopic (exact) mass is 565 g/mol. The second-order valence-electron chi connectivity index (χ2n) is 11.0. The minimum Gasteiger partial charge on any atom is -0.406 e. The van der Waals surface area contributed by atoms with Crippen molar-refractivity contribution in [3.8, 4) is 16.9 Å². The molecule has 0 atom stereocenters. The molecule has 5 rings (SSSR count). The number of carbonyl (C=O) groups is 2. The van der Waals surface area contributed by atoms with E-state index in [0.29, 0.717) is 47.4 Å². The van der Waals surface area contributed by atoms with Crippen LogP contribution in [0, 0.1) is 0 Å². The van der Waals surface area contributed by atoms with Crippen LogP contribution in [0.25, 0.3) is 16.9 Å². The Labute approximate surface area is 235 Å². The molecule has 0 saturated heterocycles. The zero-order valence-corrected chi connectivity index (χ0v) is 23.0. The Morgan fingerprint density at radius 1 is 1.07 bits per heavy atom. The number of amides is 2. The fraction of sp³-hybridized carbons (Fsp3) is 0.333. The number of rotatable bonds is 6. The molecule has 2 amide bonds. The molecule has 1 N–H and O–H groups in total. The van der Waals surface area contributed by atoms with Crippen LogP contribution in [0.1, 0.15) is 54.4 Å². The number of halogens is 3. The van der Waals surface area contributed by atoms with Gasteiger partial charge in [0.05, 0.1) is 5.69 Å². The number of urea groups is 1. The number of fused-ring (bicyclic) bond motifs is 2. The Bertz CT molecular complexity index is 1570. The second kappa shape index (κ2) is 10.9. The fourth-order valence-electron chi connectivity index (χ4n) is 5.02. The third kappa shape index (κ3) is 6.67. The van der Waals surface area contributed by atoms with Gasteiger partial charge in [-0.1, -0.05) is 24.3 Å². The predicted octanol–water partition coefficient (Wildman–Crippen LogP) is 5.98. The summed E-state index contributed by atoms with van der Waals surface area (Å²) in [5.74, 6) is 0.117. The molecule has 2 aromatic heterocycles. The summed E-state index contributed by atoms with van der Waals surface area (Å²) in [6, 6.07) is 10.8.